The molecule has 4 heteroatoms. The van der Waals surface area contributed by atoms with Crippen molar-refractivity contribution in [2.24, 2.45) is 5.92 Å². The van der Waals surface area contributed by atoms with E-state index in [0.29, 0.717) is 5.92 Å². The van der Waals surface area contributed by atoms with Crippen molar-refractivity contribution in [3.05, 3.63) is 0 Å². The maximum absolute atomic E-state index is 11.5. The third kappa shape index (κ3) is 7.51. The second kappa shape index (κ2) is 6.09. The summed E-state index contributed by atoms with van der Waals surface area (Å²) >= 11 is 0. The SMILES string of the molecule is CC(C)C[C@@H](NC(=O)OC(C)(C)C)[C@H](C)O. The van der Waals surface area contributed by atoms with E-state index in [4.69, 9.17) is 4.74 Å². The zero-order valence-corrected chi connectivity index (χ0v) is 11.2. The molecule has 0 radical (unpaired) electrons. The van der Waals surface area contributed by atoms with E-state index in [-0.39, 0.29) is 6.04 Å². The summed E-state index contributed by atoms with van der Waals surface area (Å²) in [4.78, 5) is 11.5. The van der Waals surface area contributed by atoms with Gasteiger partial charge in [-0.05, 0) is 40.0 Å². The average Bonchev–Trinajstić information content (AvgIpc) is 1.97. The maximum Gasteiger partial charge on any atom is 0.407 e. The first kappa shape index (κ1) is 15.2. The molecule has 16 heavy (non-hydrogen) atoms. The number of carbonyl (C=O) groups excluding carboxylic acids is 1. The fourth-order valence-electron chi connectivity index (χ4n) is 1.34. The standard InChI is InChI=1S/C12H25NO3/c1-8(2)7-10(9(3)14)13-11(15)16-12(4,5)6/h8-10,14H,7H2,1-6H3,(H,13,15)/t9-,10+/m0/s1. The minimum Gasteiger partial charge on any atom is -0.444 e. The smallest absolute Gasteiger partial charge is 0.407 e. The van der Waals surface area contributed by atoms with Crippen molar-refractivity contribution in [3.8, 4) is 0 Å². The Labute approximate surface area is 98.4 Å². The van der Waals surface area contributed by atoms with Gasteiger partial charge in [0.2, 0.25) is 0 Å². The predicted molar refractivity (Wildman–Crippen MR) is 64.3 cm³/mol. The van der Waals surface area contributed by atoms with E-state index >= 15 is 0 Å². The number of nitrogens with one attached hydrogen (secondary N) is 1. The van der Waals surface area contributed by atoms with Gasteiger partial charge in [-0.1, -0.05) is 13.8 Å². The van der Waals surface area contributed by atoms with Gasteiger partial charge in [0.15, 0.2) is 0 Å². The van der Waals surface area contributed by atoms with Crippen LogP contribution in [0.15, 0.2) is 0 Å². The van der Waals surface area contributed by atoms with E-state index in [1.54, 1.807) is 6.92 Å². The van der Waals surface area contributed by atoms with Gasteiger partial charge in [0, 0.05) is 0 Å². The Kier molecular flexibility index (Phi) is 5.79. The largest absolute Gasteiger partial charge is 0.444 e. The van der Waals surface area contributed by atoms with Crippen LogP contribution in [0.5, 0.6) is 0 Å². The third-order valence-corrected chi connectivity index (χ3v) is 2.01. The fraction of sp³-hybridized carbons (Fsp3) is 0.917. The lowest BCUT2D eigenvalue weighted by Gasteiger charge is -2.26. The van der Waals surface area contributed by atoms with Gasteiger partial charge in [-0.3, -0.25) is 0 Å². The van der Waals surface area contributed by atoms with Crippen molar-refractivity contribution >= 4 is 6.09 Å². The van der Waals surface area contributed by atoms with Crippen LogP contribution in [-0.4, -0.2) is 28.9 Å². The Morgan fingerprint density at radius 2 is 1.81 bits per heavy atom. The second-order valence-electron chi connectivity index (χ2n) is 5.62. The monoisotopic (exact) mass is 231 g/mol. The zero-order chi connectivity index (χ0) is 12.9. The third-order valence-electron chi connectivity index (χ3n) is 2.01. The van der Waals surface area contributed by atoms with Gasteiger partial charge in [0.1, 0.15) is 5.60 Å². The van der Waals surface area contributed by atoms with Gasteiger partial charge in [0.25, 0.3) is 0 Å². The van der Waals surface area contributed by atoms with E-state index in [1.165, 1.54) is 0 Å². The lowest BCUT2D eigenvalue weighted by molar-refractivity contribution is 0.0422. The lowest BCUT2D eigenvalue weighted by atomic mass is 10.0. The number of aliphatic hydroxyl groups excluding tert-OH is 1. The highest BCUT2D eigenvalue weighted by atomic mass is 16.6. The summed E-state index contributed by atoms with van der Waals surface area (Å²) in [6, 6.07) is -0.255. The maximum atomic E-state index is 11.5. The van der Waals surface area contributed by atoms with Crippen molar-refractivity contribution in [3.63, 3.8) is 0 Å². The zero-order valence-electron chi connectivity index (χ0n) is 11.2. The Balaban J connectivity index is 4.24. The molecule has 0 heterocycles. The van der Waals surface area contributed by atoms with Gasteiger partial charge >= 0.3 is 6.09 Å². The molecule has 0 rings (SSSR count). The molecule has 96 valence electrons. The molecular weight excluding hydrogens is 206 g/mol. The number of hydrogen-bond acceptors (Lipinski definition) is 3. The highest BCUT2D eigenvalue weighted by molar-refractivity contribution is 5.68. The lowest BCUT2D eigenvalue weighted by Crippen LogP contribution is -2.45. The molecule has 0 spiro atoms. The minimum atomic E-state index is -0.574. The molecule has 0 aromatic rings. The number of ether oxygens (including phenoxy) is 1. The average molecular weight is 231 g/mol. The van der Waals surface area contributed by atoms with Gasteiger partial charge in [-0.25, -0.2) is 4.79 Å². The van der Waals surface area contributed by atoms with Crippen molar-refractivity contribution < 1.29 is 14.6 Å². The van der Waals surface area contributed by atoms with Crippen LogP contribution in [-0.2, 0) is 4.74 Å². The van der Waals surface area contributed by atoms with Gasteiger partial charge in [-0.15, -0.1) is 0 Å². The van der Waals surface area contributed by atoms with Gasteiger partial charge in [0.05, 0.1) is 12.1 Å². The van der Waals surface area contributed by atoms with E-state index in [0.717, 1.165) is 6.42 Å². The highest BCUT2D eigenvalue weighted by Gasteiger charge is 2.22. The van der Waals surface area contributed by atoms with Crippen LogP contribution >= 0.6 is 0 Å². The first-order valence-electron chi connectivity index (χ1n) is 5.79. The summed E-state index contributed by atoms with van der Waals surface area (Å²) in [5.74, 6) is 0.412. The first-order chi connectivity index (χ1) is 7.11. The summed E-state index contributed by atoms with van der Waals surface area (Å²) in [6.45, 7) is 11.2. The Hall–Kier alpha value is -0.770. The highest BCUT2D eigenvalue weighted by Crippen LogP contribution is 2.11. The summed E-state index contributed by atoms with van der Waals surface area (Å²) in [6.07, 6.45) is -0.314. The fourth-order valence-corrected chi connectivity index (χ4v) is 1.34. The Morgan fingerprint density at radius 3 is 2.12 bits per heavy atom. The van der Waals surface area contributed by atoms with Crippen LogP contribution in [0, 0.1) is 5.92 Å². The predicted octanol–water partition coefficient (Wildman–Crippen LogP) is 2.31. The molecule has 2 N–H and O–H groups in total. The molecule has 1 amide bonds. The Morgan fingerprint density at radius 1 is 1.31 bits per heavy atom. The minimum absolute atomic E-state index is 0.255. The first-order valence-corrected chi connectivity index (χ1v) is 5.79. The van der Waals surface area contributed by atoms with Crippen molar-refractivity contribution in [2.75, 3.05) is 0 Å². The van der Waals surface area contributed by atoms with Crippen molar-refractivity contribution in [1.29, 1.82) is 0 Å². The molecule has 0 aliphatic rings. The Bertz CT molecular complexity index is 219. The molecule has 0 aliphatic heterocycles. The number of carbonyl (C=O) groups is 1. The van der Waals surface area contributed by atoms with Crippen molar-refractivity contribution in [1.82, 2.24) is 5.32 Å². The van der Waals surface area contributed by atoms with Crippen LogP contribution in [0.3, 0.4) is 0 Å². The molecule has 0 saturated carbocycles. The normalized spacial score (nSPS) is 15.8. The summed E-state index contributed by atoms with van der Waals surface area (Å²) in [7, 11) is 0. The van der Waals surface area contributed by atoms with Crippen LogP contribution in [0.4, 0.5) is 4.79 Å². The molecule has 0 unspecified atom stereocenters. The van der Waals surface area contributed by atoms with Crippen LogP contribution in [0.1, 0.15) is 48.0 Å². The number of aliphatic hydroxyl groups is 1. The number of alkyl carbamates (subject to hydrolysis) is 1. The topological polar surface area (TPSA) is 58.6 Å². The van der Waals surface area contributed by atoms with E-state index in [9.17, 15) is 9.90 Å². The van der Waals surface area contributed by atoms with E-state index in [1.807, 2.05) is 34.6 Å². The molecule has 2 atom stereocenters. The summed E-state index contributed by atoms with van der Waals surface area (Å²) in [5, 5.41) is 12.2. The van der Waals surface area contributed by atoms with Crippen LogP contribution < -0.4 is 5.32 Å². The molecule has 0 aromatic heterocycles. The molecule has 0 bridgehead atoms. The summed E-state index contributed by atoms with van der Waals surface area (Å²) < 4.78 is 5.14. The van der Waals surface area contributed by atoms with E-state index in [2.05, 4.69) is 5.32 Å². The molecule has 0 saturated heterocycles. The molecular formula is C12H25NO3. The van der Waals surface area contributed by atoms with Gasteiger partial charge < -0.3 is 15.2 Å². The van der Waals surface area contributed by atoms with E-state index < -0.39 is 17.8 Å². The second-order valence-corrected chi connectivity index (χ2v) is 5.62. The van der Waals surface area contributed by atoms with Gasteiger partial charge in [-0.2, -0.15) is 0 Å². The quantitative estimate of drug-likeness (QED) is 0.780. The summed E-state index contributed by atoms with van der Waals surface area (Å²) in [5.41, 5.74) is -0.509. The number of amides is 1. The molecule has 4 nitrogen and oxygen atoms in total. The van der Waals surface area contributed by atoms with Crippen LogP contribution in [0.25, 0.3) is 0 Å². The van der Waals surface area contributed by atoms with Crippen LogP contribution in [0.2, 0.25) is 0 Å². The van der Waals surface area contributed by atoms with Crippen molar-refractivity contribution in [2.45, 2.75) is 65.7 Å². The number of hydrogen-bond donors (Lipinski definition) is 2. The molecule has 0 aliphatic carbocycles. The molecule has 0 fully saturated rings. The molecule has 0 aromatic carbocycles. The number of rotatable bonds is 4.